The third-order valence-electron chi connectivity index (χ3n) is 3.53. The molecular formula is C17H12N6. The van der Waals surface area contributed by atoms with Gasteiger partial charge in [0.25, 0.3) is 0 Å². The topological polar surface area (TPSA) is 133 Å². The lowest BCUT2D eigenvalue weighted by atomic mass is 9.81. The summed E-state index contributed by atoms with van der Waals surface area (Å²) in [6, 6.07) is 13.2. The van der Waals surface area contributed by atoms with Crippen LogP contribution in [-0.2, 0) is 0 Å². The molecule has 23 heavy (non-hydrogen) atoms. The van der Waals surface area contributed by atoms with Crippen LogP contribution in [0.4, 0.5) is 0 Å². The first kappa shape index (κ1) is 15.6. The van der Waals surface area contributed by atoms with Gasteiger partial charge in [0.2, 0.25) is 0 Å². The highest BCUT2D eigenvalue weighted by Crippen LogP contribution is 2.37. The van der Waals surface area contributed by atoms with Crippen LogP contribution in [0.5, 0.6) is 0 Å². The van der Waals surface area contributed by atoms with Crippen molar-refractivity contribution in [1.29, 1.82) is 21.2 Å². The molecule has 0 saturated carbocycles. The van der Waals surface area contributed by atoms with E-state index in [1.54, 1.807) is 6.07 Å². The molecule has 2 rings (SSSR count). The Hall–Kier alpha value is -3.78. The fraction of sp³-hybridized carbons (Fsp3) is 0.118. The molecule has 4 N–H and O–H groups in total. The van der Waals surface area contributed by atoms with Gasteiger partial charge in [0.15, 0.2) is 0 Å². The van der Waals surface area contributed by atoms with Crippen molar-refractivity contribution in [3.05, 3.63) is 63.6 Å². The number of aryl methyl sites for hydroxylation is 1. The van der Waals surface area contributed by atoms with Crippen LogP contribution in [0.3, 0.4) is 0 Å². The molecule has 1 heterocycles. The Labute approximate surface area is 133 Å². The molecule has 1 aromatic carbocycles. The summed E-state index contributed by atoms with van der Waals surface area (Å²) in [6.45, 7) is 1.93. The average Bonchev–Trinajstić information content (AvgIpc) is 2.56. The molecule has 0 spiro atoms. The van der Waals surface area contributed by atoms with E-state index in [2.05, 4.69) is 5.32 Å². The Morgan fingerprint density at radius 3 is 2.22 bits per heavy atom. The van der Waals surface area contributed by atoms with Crippen molar-refractivity contribution in [1.82, 2.24) is 5.32 Å². The predicted molar refractivity (Wildman–Crippen MR) is 83.4 cm³/mol. The van der Waals surface area contributed by atoms with E-state index in [1.165, 1.54) is 0 Å². The highest BCUT2D eigenvalue weighted by Gasteiger charge is 2.32. The Balaban J connectivity index is 2.76. The molecule has 1 aliphatic rings. The van der Waals surface area contributed by atoms with E-state index in [-0.39, 0.29) is 28.2 Å². The van der Waals surface area contributed by atoms with Crippen LogP contribution in [0.15, 0.2) is 52.5 Å². The summed E-state index contributed by atoms with van der Waals surface area (Å²) < 4.78 is 0. The monoisotopic (exact) mass is 300 g/mol. The van der Waals surface area contributed by atoms with Crippen LogP contribution in [0.2, 0.25) is 0 Å². The zero-order chi connectivity index (χ0) is 17.0. The molecule has 1 aromatic rings. The van der Waals surface area contributed by atoms with E-state index in [4.69, 9.17) is 16.4 Å². The summed E-state index contributed by atoms with van der Waals surface area (Å²) in [5.74, 6) is 1.38. The summed E-state index contributed by atoms with van der Waals surface area (Å²) in [4.78, 5) is 0. The summed E-state index contributed by atoms with van der Waals surface area (Å²) in [6.07, 6.45) is 0. The molecule has 1 unspecified atom stereocenters. The van der Waals surface area contributed by atoms with Crippen molar-refractivity contribution in [2.75, 3.05) is 0 Å². The van der Waals surface area contributed by atoms with Gasteiger partial charge in [0.1, 0.15) is 17.5 Å². The number of nitriles is 3. The second kappa shape index (κ2) is 6.33. The molecule has 6 heteroatoms. The number of hydrogen-bond acceptors (Lipinski definition) is 6. The molecule has 0 radical (unpaired) electrons. The lowest BCUT2D eigenvalue weighted by Gasteiger charge is -2.26. The number of rotatable bonds is 2. The zero-order valence-electron chi connectivity index (χ0n) is 12.3. The van der Waals surface area contributed by atoms with E-state index in [9.17, 15) is 10.5 Å². The molecule has 0 fully saturated rings. The molecule has 6 nitrogen and oxygen atoms in total. The molecular weight excluding hydrogens is 288 g/mol. The molecule has 1 atom stereocenters. The maximum absolute atomic E-state index is 9.55. The van der Waals surface area contributed by atoms with Gasteiger partial charge in [-0.15, -0.1) is 0 Å². The van der Waals surface area contributed by atoms with Gasteiger partial charge >= 0.3 is 0 Å². The SMILES string of the molecule is Cc1ccc(C2C(C#N)=C(N)NC(C(=C=N)C#N)=C2C#N)cc1. The minimum Gasteiger partial charge on any atom is -0.384 e. The normalized spacial score (nSPS) is 16.5. The fourth-order valence-electron chi connectivity index (χ4n) is 2.39. The quantitative estimate of drug-likeness (QED) is 0.566. The number of dihydropyridines is 1. The lowest BCUT2D eigenvalue weighted by Crippen LogP contribution is -2.31. The third-order valence-corrected chi connectivity index (χ3v) is 3.53. The minimum absolute atomic E-state index is 0.0649. The van der Waals surface area contributed by atoms with Crippen molar-refractivity contribution in [3.63, 3.8) is 0 Å². The molecule has 1 aliphatic heterocycles. The molecule has 0 aromatic heterocycles. The molecule has 110 valence electrons. The Bertz CT molecular complexity index is 890. The number of hydrogen-bond donors (Lipinski definition) is 3. The number of benzene rings is 1. The van der Waals surface area contributed by atoms with E-state index in [0.29, 0.717) is 5.56 Å². The smallest absolute Gasteiger partial charge is 0.137 e. The third kappa shape index (κ3) is 2.69. The van der Waals surface area contributed by atoms with Gasteiger partial charge in [-0.1, -0.05) is 29.8 Å². The average molecular weight is 300 g/mol. The Morgan fingerprint density at radius 2 is 1.74 bits per heavy atom. The number of nitrogens with one attached hydrogen (secondary N) is 2. The second-order valence-electron chi connectivity index (χ2n) is 4.92. The maximum atomic E-state index is 9.55. The molecule has 0 saturated heterocycles. The van der Waals surface area contributed by atoms with Gasteiger partial charge in [0, 0.05) is 0 Å². The molecule has 0 bridgehead atoms. The van der Waals surface area contributed by atoms with Gasteiger partial charge in [0.05, 0.1) is 34.9 Å². The van der Waals surface area contributed by atoms with Crippen molar-refractivity contribution >= 4 is 5.87 Å². The maximum Gasteiger partial charge on any atom is 0.137 e. The predicted octanol–water partition coefficient (Wildman–Crippen LogP) is 1.85. The van der Waals surface area contributed by atoms with Crippen molar-refractivity contribution < 1.29 is 0 Å². The van der Waals surface area contributed by atoms with Crippen LogP contribution in [0, 0.1) is 46.3 Å². The molecule has 0 aliphatic carbocycles. The Kier molecular flexibility index (Phi) is 4.29. The summed E-state index contributed by atoms with van der Waals surface area (Å²) >= 11 is 0. The van der Waals surface area contributed by atoms with Crippen LogP contribution >= 0.6 is 0 Å². The zero-order valence-corrected chi connectivity index (χ0v) is 12.3. The van der Waals surface area contributed by atoms with Crippen LogP contribution in [0.25, 0.3) is 0 Å². The summed E-state index contributed by atoms with van der Waals surface area (Å²) in [5, 5.41) is 38.0. The van der Waals surface area contributed by atoms with Gasteiger partial charge < -0.3 is 11.1 Å². The van der Waals surface area contributed by atoms with Crippen LogP contribution < -0.4 is 11.1 Å². The fourth-order valence-corrected chi connectivity index (χ4v) is 2.39. The van der Waals surface area contributed by atoms with E-state index in [1.807, 2.05) is 49.2 Å². The van der Waals surface area contributed by atoms with Gasteiger partial charge in [-0.05, 0) is 18.4 Å². The van der Waals surface area contributed by atoms with E-state index < -0.39 is 5.92 Å². The second-order valence-corrected chi connectivity index (χ2v) is 4.92. The highest BCUT2D eigenvalue weighted by atomic mass is 15.0. The highest BCUT2D eigenvalue weighted by molar-refractivity contribution is 5.72. The first-order valence-corrected chi connectivity index (χ1v) is 6.65. The first-order valence-electron chi connectivity index (χ1n) is 6.65. The summed E-state index contributed by atoms with van der Waals surface area (Å²) in [5.41, 5.74) is 7.99. The van der Waals surface area contributed by atoms with E-state index in [0.717, 1.165) is 5.56 Å². The number of nitrogens with two attached hydrogens (primary N) is 1. The van der Waals surface area contributed by atoms with Crippen molar-refractivity contribution in [2.24, 2.45) is 5.73 Å². The Morgan fingerprint density at radius 1 is 1.13 bits per heavy atom. The van der Waals surface area contributed by atoms with Gasteiger partial charge in [-0.3, -0.25) is 5.41 Å². The van der Waals surface area contributed by atoms with Crippen LogP contribution in [-0.4, -0.2) is 5.87 Å². The number of allylic oxidation sites excluding steroid dienone is 3. The first-order chi connectivity index (χ1) is 11.1. The number of nitrogens with zero attached hydrogens (tertiary/aromatic N) is 3. The van der Waals surface area contributed by atoms with E-state index >= 15 is 0 Å². The van der Waals surface area contributed by atoms with Crippen LogP contribution in [0.1, 0.15) is 17.0 Å². The van der Waals surface area contributed by atoms with Crippen molar-refractivity contribution in [3.8, 4) is 18.2 Å². The van der Waals surface area contributed by atoms with Crippen molar-refractivity contribution in [2.45, 2.75) is 12.8 Å². The van der Waals surface area contributed by atoms with Gasteiger partial charge in [-0.25, -0.2) is 0 Å². The standard InChI is InChI=1S/C17H12N6/c1-10-2-4-11(5-3-10)15-13(8-20)16(12(6-18)7-19)23-17(22)14(15)9-21/h2-5,15,18,23H,22H2,1H3. The summed E-state index contributed by atoms with van der Waals surface area (Å²) in [7, 11) is 0. The molecule has 0 amide bonds. The van der Waals surface area contributed by atoms with Gasteiger partial charge in [-0.2, -0.15) is 15.8 Å². The lowest BCUT2D eigenvalue weighted by molar-refractivity contribution is 0.816. The minimum atomic E-state index is -0.682. The largest absolute Gasteiger partial charge is 0.384 e.